The summed E-state index contributed by atoms with van der Waals surface area (Å²) < 4.78 is 17.9. The molecule has 1 aromatic carbocycles. The number of aryl methyl sites for hydroxylation is 1. The van der Waals surface area contributed by atoms with E-state index in [-0.39, 0.29) is 5.69 Å². The Kier molecular flexibility index (Phi) is 5.60. The van der Waals surface area contributed by atoms with Crippen LogP contribution in [0.4, 0.5) is 14.9 Å². The molecule has 0 saturated carbocycles. The van der Waals surface area contributed by atoms with Crippen LogP contribution in [0.3, 0.4) is 0 Å². The lowest BCUT2D eigenvalue weighted by Crippen LogP contribution is -2.37. The van der Waals surface area contributed by atoms with Crippen molar-refractivity contribution in [3.8, 4) is 0 Å². The highest BCUT2D eigenvalue weighted by Gasteiger charge is 2.12. The summed E-state index contributed by atoms with van der Waals surface area (Å²) in [6.07, 6.45) is 0. The minimum Gasteiger partial charge on any atom is -0.480 e. The molecule has 0 aromatic heterocycles. The number of carboxylic acid groups (broad SMARTS) is 1. The van der Waals surface area contributed by atoms with Crippen LogP contribution in [0.1, 0.15) is 5.56 Å². The first kappa shape index (κ1) is 15.6. The van der Waals surface area contributed by atoms with Gasteiger partial charge in [-0.3, -0.25) is 10.1 Å². The van der Waals surface area contributed by atoms with Crippen molar-refractivity contribution in [3.05, 3.63) is 29.6 Å². The van der Waals surface area contributed by atoms with Crippen molar-refractivity contribution < 1.29 is 28.6 Å². The number of urea groups is 1. The monoisotopic (exact) mass is 284 g/mol. The normalized spacial score (nSPS) is 9.90. The average molecular weight is 284 g/mol. The minimum atomic E-state index is -1.23. The predicted molar refractivity (Wildman–Crippen MR) is 66.8 cm³/mol. The number of rotatable bonds is 5. The zero-order chi connectivity index (χ0) is 15.1. The molecule has 20 heavy (non-hydrogen) atoms. The Labute approximate surface area is 113 Å². The second kappa shape index (κ2) is 7.19. The van der Waals surface area contributed by atoms with Crippen LogP contribution in [0, 0.1) is 12.7 Å². The number of aliphatic carboxylic acids is 1. The summed E-state index contributed by atoms with van der Waals surface area (Å²) in [5, 5.41) is 12.4. The number of halogens is 1. The molecule has 0 bridgehead atoms. The number of benzene rings is 1. The fraction of sp³-hybridized carbons (Fsp3) is 0.250. The van der Waals surface area contributed by atoms with E-state index in [1.165, 1.54) is 12.1 Å². The van der Waals surface area contributed by atoms with E-state index in [0.29, 0.717) is 5.56 Å². The van der Waals surface area contributed by atoms with Gasteiger partial charge in [-0.1, -0.05) is 12.1 Å². The number of imide groups is 1. The number of nitrogens with one attached hydrogen (secondary N) is 2. The van der Waals surface area contributed by atoms with Gasteiger partial charge in [0.15, 0.2) is 0 Å². The van der Waals surface area contributed by atoms with Crippen LogP contribution in [0.25, 0.3) is 0 Å². The molecule has 0 aliphatic carbocycles. The Morgan fingerprint density at radius 2 is 2.00 bits per heavy atom. The number of hydrogen-bond donors (Lipinski definition) is 3. The summed E-state index contributed by atoms with van der Waals surface area (Å²) in [4.78, 5) is 32.8. The van der Waals surface area contributed by atoms with Crippen LogP contribution < -0.4 is 10.6 Å². The zero-order valence-corrected chi connectivity index (χ0v) is 10.6. The van der Waals surface area contributed by atoms with Crippen molar-refractivity contribution in [3.63, 3.8) is 0 Å². The third kappa shape index (κ3) is 5.02. The number of hydrogen-bond acceptors (Lipinski definition) is 4. The molecule has 0 radical (unpaired) electrons. The molecule has 0 unspecified atom stereocenters. The molecule has 0 aliphatic rings. The lowest BCUT2D eigenvalue weighted by atomic mass is 10.2. The van der Waals surface area contributed by atoms with Gasteiger partial charge < -0.3 is 15.2 Å². The summed E-state index contributed by atoms with van der Waals surface area (Å²) >= 11 is 0. The summed E-state index contributed by atoms with van der Waals surface area (Å²) in [7, 11) is 0. The van der Waals surface area contributed by atoms with E-state index in [2.05, 4.69) is 10.1 Å². The molecule has 7 nitrogen and oxygen atoms in total. The Bertz CT molecular complexity index is 512. The summed E-state index contributed by atoms with van der Waals surface area (Å²) in [6, 6.07) is 3.32. The molecule has 8 heteroatoms. The van der Waals surface area contributed by atoms with E-state index in [0.717, 1.165) is 0 Å². The third-order valence-electron chi connectivity index (χ3n) is 2.17. The second-order valence-electron chi connectivity index (χ2n) is 3.82. The highest BCUT2D eigenvalue weighted by atomic mass is 19.1. The van der Waals surface area contributed by atoms with E-state index < -0.39 is 36.9 Å². The van der Waals surface area contributed by atoms with E-state index in [4.69, 9.17) is 5.11 Å². The van der Waals surface area contributed by atoms with Crippen LogP contribution in [-0.4, -0.2) is 36.2 Å². The Balaban J connectivity index is 2.47. The molecule has 0 atom stereocenters. The summed E-state index contributed by atoms with van der Waals surface area (Å²) in [5.74, 6) is -2.70. The fourth-order valence-electron chi connectivity index (χ4n) is 1.33. The number of ether oxygens (including phenoxy) is 1. The van der Waals surface area contributed by atoms with Gasteiger partial charge in [0, 0.05) is 0 Å². The number of carbonyl (C=O) groups excluding carboxylic acids is 2. The maximum atomic E-state index is 13.4. The second-order valence-corrected chi connectivity index (χ2v) is 3.82. The third-order valence-corrected chi connectivity index (χ3v) is 2.17. The Morgan fingerprint density at radius 1 is 1.30 bits per heavy atom. The van der Waals surface area contributed by atoms with Gasteiger partial charge >= 0.3 is 12.0 Å². The maximum absolute atomic E-state index is 13.4. The SMILES string of the molecule is Cc1cccc(F)c1NC(=O)NC(=O)COCC(=O)O. The zero-order valence-electron chi connectivity index (χ0n) is 10.6. The van der Waals surface area contributed by atoms with Crippen LogP contribution >= 0.6 is 0 Å². The van der Waals surface area contributed by atoms with Crippen molar-refractivity contribution in [2.24, 2.45) is 0 Å². The fourth-order valence-corrected chi connectivity index (χ4v) is 1.33. The lowest BCUT2D eigenvalue weighted by Gasteiger charge is -2.09. The smallest absolute Gasteiger partial charge is 0.329 e. The molecular weight excluding hydrogens is 271 g/mol. The van der Waals surface area contributed by atoms with E-state index in [9.17, 15) is 18.8 Å². The van der Waals surface area contributed by atoms with Gasteiger partial charge in [0.25, 0.3) is 5.91 Å². The highest BCUT2D eigenvalue weighted by molar-refractivity contribution is 6.01. The molecule has 1 aromatic rings. The van der Waals surface area contributed by atoms with E-state index in [1.807, 2.05) is 5.32 Å². The molecule has 0 spiro atoms. The first-order chi connectivity index (χ1) is 9.40. The minimum absolute atomic E-state index is 0.0377. The largest absolute Gasteiger partial charge is 0.480 e. The maximum Gasteiger partial charge on any atom is 0.329 e. The number of carboxylic acids is 1. The van der Waals surface area contributed by atoms with Crippen molar-refractivity contribution in [2.75, 3.05) is 18.5 Å². The number of carbonyl (C=O) groups is 3. The van der Waals surface area contributed by atoms with Gasteiger partial charge in [-0.2, -0.15) is 0 Å². The molecule has 3 N–H and O–H groups in total. The first-order valence-corrected chi connectivity index (χ1v) is 5.55. The van der Waals surface area contributed by atoms with Crippen LogP contribution in [0.15, 0.2) is 18.2 Å². The molecule has 0 heterocycles. The molecule has 0 saturated heterocycles. The van der Waals surface area contributed by atoms with Gasteiger partial charge in [-0.05, 0) is 18.6 Å². The van der Waals surface area contributed by atoms with Crippen LogP contribution in [0.2, 0.25) is 0 Å². The van der Waals surface area contributed by atoms with Gasteiger partial charge in [0.1, 0.15) is 19.0 Å². The van der Waals surface area contributed by atoms with Crippen LogP contribution in [0.5, 0.6) is 0 Å². The molecular formula is C12H13FN2O5. The number of para-hydroxylation sites is 1. The summed E-state index contributed by atoms with van der Waals surface area (Å²) in [6.45, 7) is 0.355. The van der Waals surface area contributed by atoms with Gasteiger partial charge in [-0.15, -0.1) is 0 Å². The molecule has 0 aliphatic heterocycles. The first-order valence-electron chi connectivity index (χ1n) is 5.55. The van der Waals surface area contributed by atoms with Crippen LogP contribution in [-0.2, 0) is 14.3 Å². The molecule has 108 valence electrons. The lowest BCUT2D eigenvalue weighted by molar-refractivity contribution is -0.143. The Morgan fingerprint density at radius 3 is 2.60 bits per heavy atom. The number of amides is 3. The van der Waals surface area contributed by atoms with E-state index >= 15 is 0 Å². The molecule has 3 amide bonds. The van der Waals surface area contributed by atoms with Gasteiger partial charge in [-0.25, -0.2) is 14.0 Å². The summed E-state index contributed by atoms with van der Waals surface area (Å²) in [5.41, 5.74) is 0.457. The van der Waals surface area contributed by atoms with E-state index in [1.54, 1.807) is 13.0 Å². The standard InChI is InChI=1S/C12H13FN2O5/c1-7-3-2-4-8(13)11(7)15-12(19)14-9(16)5-20-6-10(17)18/h2-4H,5-6H2,1H3,(H,17,18)(H2,14,15,16,19). The highest BCUT2D eigenvalue weighted by Crippen LogP contribution is 2.18. The van der Waals surface area contributed by atoms with Crippen molar-refractivity contribution in [2.45, 2.75) is 6.92 Å². The Hall–Kier alpha value is -2.48. The van der Waals surface area contributed by atoms with Gasteiger partial charge in [0.05, 0.1) is 5.69 Å². The predicted octanol–water partition coefficient (Wildman–Crippen LogP) is 0.883. The van der Waals surface area contributed by atoms with Crippen molar-refractivity contribution in [1.82, 2.24) is 5.32 Å². The average Bonchev–Trinajstić information content (AvgIpc) is 2.33. The quantitative estimate of drug-likeness (QED) is 0.744. The van der Waals surface area contributed by atoms with Gasteiger partial charge in [0.2, 0.25) is 0 Å². The van der Waals surface area contributed by atoms with Crippen molar-refractivity contribution in [1.29, 1.82) is 0 Å². The molecule has 0 fully saturated rings. The topological polar surface area (TPSA) is 105 Å². The molecule has 1 rings (SSSR count). The number of anilines is 1. The van der Waals surface area contributed by atoms with Crippen molar-refractivity contribution >= 4 is 23.6 Å².